The summed E-state index contributed by atoms with van der Waals surface area (Å²) >= 11 is 0. The molecule has 17 heavy (non-hydrogen) atoms. The molecule has 2 unspecified atom stereocenters. The number of carbonyl (C=O) groups excluding carboxylic acids is 1. The topological polar surface area (TPSA) is 46.5 Å². The largest absolute Gasteiger partial charge is 0.389 e. The van der Waals surface area contributed by atoms with Crippen molar-refractivity contribution in [3.05, 3.63) is 11.1 Å². The molecule has 0 bridgehead atoms. The van der Waals surface area contributed by atoms with E-state index in [1.165, 1.54) is 0 Å². The smallest absolute Gasteiger partial charge is 0.158 e. The molecule has 1 N–H and O–H groups in total. The first-order valence-corrected chi connectivity index (χ1v) is 6.25. The van der Waals surface area contributed by atoms with E-state index in [0.717, 1.165) is 17.6 Å². The molecule has 3 heteroatoms. The third kappa shape index (κ3) is 3.17. The predicted octanol–water partition coefficient (Wildman–Crippen LogP) is 2.48. The second-order valence-electron chi connectivity index (χ2n) is 5.64. The maximum atomic E-state index is 11.8. The number of Topliss-reactive ketones (excluding diaryl/α,β-unsaturated/α-hetero) is 1. The summed E-state index contributed by atoms with van der Waals surface area (Å²) in [5.74, 6) is 0.170. The van der Waals surface area contributed by atoms with Crippen LogP contribution in [-0.4, -0.2) is 30.2 Å². The lowest BCUT2D eigenvalue weighted by Gasteiger charge is -2.37. The Balaban J connectivity index is 2.98. The van der Waals surface area contributed by atoms with Gasteiger partial charge in [-0.05, 0) is 36.8 Å². The van der Waals surface area contributed by atoms with Crippen LogP contribution in [0.4, 0.5) is 0 Å². The molecule has 1 rings (SSSR count). The summed E-state index contributed by atoms with van der Waals surface area (Å²) in [4.78, 5) is 11.8. The molecule has 0 saturated heterocycles. The number of allylic oxidation sites excluding steroid dienone is 1. The first kappa shape index (κ1) is 14.4. The van der Waals surface area contributed by atoms with Crippen molar-refractivity contribution in [1.82, 2.24) is 0 Å². The molecule has 0 radical (unpaired) electrons. The van der Waals surface area contributed by atoms with Crippen molar-refractivity contribution in [2.24, 2.45) is 5.41 Å². The monoisotopic (exact) mass is 240 g/mol. The summed E-state index contributed by atoms with van der Waals surface area (Å²) in [5.41, 5.74) is 1.56. The minimum Gasteiger partial charge on any atom is -0.389 e. The van der Waals surface area contributed by atoms with Crippen LogP contribution in [-0.2, 0) is 9.53 Å². The van der Waals surface area contributed by atoms with E-state index < -0.39 is 6.10 Å². The molecule has 2 atom stereocenters. The van der Waals surface area contributed by atoms with E-state index >= 15 is 0 Å². The van der Waals surface area contributed by atoms with E-state index in [0.29, 0.717) is 12.8 Å². The number of aliphatic hydroxyl groups excluding tert-OH is 1. The van der Waals surface area contributed by atoms with Crippen LogP contribution in [0.2, 0.25) is 0 Å². The van der Waals surface area contributed by atoms with Gasteiger partial charge in [0.25, 0.3) is 0 Å². The number of hydrogen-bond donors (Lipinski definition) is 1. The Bertz CT molecular complexity index is 328. The fourth-order valence-electron chi connectivity index (χ4n) is 2.64. The van der Waals surface area contributed by atoms with Crippen LogP contribution in [0.15, 0.2) is 11.1 Å². The maximum Gasteiger partial charge on any atom is 0.158 e. The van der Waals surface area contributed by atoms with Crippen molar-refractivity contribution in [1.29, 1.82) is 0 Å². The Labute approximate surface area is 104 Å². The molecule has 0 aromatic carbocycles. The normalized spacial score (nSPS) is 23.8. The lowest BCUT2D eigenvalue weighted by atomic mass is 9.69. The fraction of sp³-hybridized carbons (Fsp3) is 0.786. The lowest BCUT2D eigenvalue weighted by molar-refractivity contribution is -0.117. The minimum atomic E-state index is -0.579. The van der Waals surface area contributed by atoms with Crippen LogP contribution < -0.4 is 0 Å². The highest BCUT2D eigenvalue weighted by molar-refractivity contribution is 5.96. The van der Waals surface area contributed by atoms with Crippen LogP contribution in [0.1, 0.15) is 47.0 Å². The van der Waals surface area contributed by atoms with Crippen LogP contribution in [0, 0.1) is 5.41 Å². The Kier molecular flexibility index (Phi) is 4.50. The molecule has 98 valence electrons. The summed E-state index contributed by atoms with van der Waals surface area (Å²) in [5, 5.41) is 10.3. The van der Waals surface area contributed by atoms with E-state index in [-0.39, 0.29) is 17.3 Å². The van der Waals surface area contributed by atoms with Crippen molar-refractivity contribution in [2.75, 3.05) is 7.11 Å². The number of methoxy groups -OCH3 is 1. The highest BCUT2D eigenvalue weighted by Crippen LogP contribution is 2.41. The molecule has 0 amide bonds. The van der Waals surface area contributed by atoms with Gasteiger partial charge in [-0.1, -0.05) is 13.8 Å². The van der Waals surface area contributed by atoms with E-state index in [2.05, 4.69) is 13.8 Å². The van der Waals surface area contributed by atoms with Crippen molar-refractivity contribution in [3.8, 4) is 0 Å². The summed E-state index contributed by atoms with van der Waals surface area (Å²) in [6, 6.07) is 0. The zero-order chi connectivity index (χ0) is 13.2. The third-order valence-corrected chi connectivity index (χ3v) is 3.82. The molecule has 0 aromatic heterocycles. The minimum absolute atomic E-state index is 0.00173. The Hall–Kier alpha value is -0.670. The number of ether oxygens (including phenoxy) is 1. The molecule has 0 saturated carbocycles. The average Bonchev–Trinajstić information content (AvgIpc) is 2.23. The van der Waals surface area contributed by atoms with Gasteiger partial charge in [0.2, 0.25) is 0 Å². The summed E-state index contributed by atoms with van der Waals surface area (Å²) in [7, 11) is 1.63. The van der Waals surface area contributed by atoms with Crippen LogP contribution in [0.5, 0.6) is 0 Å². The van der Waals surface area contributed by atoms with Crippen molar-refractivity contribution < 1.29 is 14.6 Å². The van der Waals surface area contributed by atoms with E-state index in [1.807, 2.05) is 13.8 Å². The van der Waals surface area contributed by atoms with Gasteiger partial charge in [-0.2, -0.15) is 0 Å². The molecule has 0 aliphatic heterocycles. The van der Waals surface area contributed by atoms with Crippen LogP contribution in [0.25, 0.3) is 0 Å². The van der Waals surface area contributed by atoms with Gasteiger partial charge in [0, 0.05) is 20.0 Å². The van der Waals surface area contributed by atoms with E-state index in [1.54, 1.807) is 7.11 Å². The van der Waals surface area contributed by atoms with Crippen molar-refractivity contribution in [2.45, 2.75) is 59.2 Å². The quantitative estimate of drug-likeness (QED) is 0.821. The number of hydrogen-bond acceptors (Lipinski definition) is 3. The van der Waals surface area contributed by atoms with Gasteiger partial charge in [-0.25, -0.2) is 0 Å². The number of aliphatic hydroxyl groups is 1. The number of ketones is 1. The number of carbonyl (C=O) groups is 1. The summed E-state index contributed by atoms with van der Waals surface area (Å²) in [6.07, 6.45) is 1.37. The third-order valence-electron chi connectivity index (χ3n) is 3.82. The molecule has 0 heterocycles. The van der Waals surface area contributed by atoms with Gasteiger partial charge in [-0.15, -0.1) is 0 Å². The fourth-order valence-corrected chi connectivity index (χ4v) is 2.64. The number of rotatable bonds is 4. The highest BCUT2D eigenvalue weighted by Gasteiger charge is 2.36. The molecule has 1 aliphatic rings. The van der Waals surface area contributed by atoms with Crippen LogP contribution >= 0.6 is 0 Å². The summed E-state index contributed by atoms with van der Waals surface area (Å²) in [6.45, 7) is 7.95. The van der Waals surface area contributed by atoms with Gasteiger partial charge >= 0.3 is 0 Å². The SMILES string of the molecule is COC(C)CC(O)C1=C(C)C(=O)CCC1(C)C. The lowest BCUT2D eigenvalue weighted by Crippen LogP contribution is -2.34. The van der Waals surface area contributed by atoms with Gasteiger partial charge in [0.15, 0.2) is 5.78 Å². The molecular formula is C14H24O3. The standard InChI is InChI=1S/C14H24O3/c1-9(17-5)8-12(16)13-10(2)11(15)6-7-14(13,3)4/h9,12,16H,6-8H2,1-5H3. The van der Waals surface area contributed by atoms with Gasteiger partial charge in [0.1, 0.15) is 0 Å². The van der Waals surface area contributed by atoms with E-state index in [4.69, 9.17) is 4.74 Å². The molecule has 0 spiro atoms. The average molecular weight is 240 g/mol. The zero-order valence-corrected chi connectivity index (χ0v) is 11.5. The highest BCUT2D eigenvalue weighted by atomic mass is 16.5. The predicted molar refractivity (Wildman–Crippen MR) is 67.8 cm³/mol. The molecule has 0 fully saturated rings. The van der Waals surface area contributed by atoms with Gasteiger partial charge in [-0.3, -0.25) is 4.79 Å². The van der Waals surface area contributed by atoms with Crippen molar-refractivity contribution >= 4 is 5.78 Å². The summed E-state index contributed by atoms with van der Waals surface area (Å²) < 4.78 is 5.17. The zero-order valence-electron chi connectivity index (χ0n) is 11.5. The molecule has 1 aliphatic carbocycles. The van der Waals surface area contributed by atoms with Crippen LogP contribution in [0.3, 0.4) is 0 Å². The second kappa shape index (κ2) is 5.32. The van der Waals surface area contributed by atoms with Gasteiger partial charge < -0.3 is 9.84 Å². The second-order valence-corrected chi connectivity index (χ2v) is 5.64. The Morgan fingerprint density at radius 3 is 2.59 bits per heavy atom. The van der Waals surface area contributed by atoms with Crippen molar-refractivity contribution in [3.63, 3.8) is 0 Å². The Morgan fingerprint density at radius 1 is 1.47 bits per heavy atom. The molecule has 0 aromatic rings. The first-order valence-electron chi connectivity index (χ1n) is 6.25. The van der Waals surface area contributed by atoms with E-state index in [9.17, 15) is 9.90 Å². The molecular weight excluding hydrogens is 216 g/mol. The van der Waals surface area contributed by atoms with Gasteiger partial charge in [0.05, 0.1) is 12.2 Å². The first-order chi connectivity index (χ1) is 7.79. The molecule has 3 nitrogen and oxygen atoms in total. The Morgan fingerprint density at radius 2 is 2.06 bits per heavy atom. The maximum absolute atomic E-state index is 11.8.